The zero-order chi connectivity index (χ0) is 15.7. The molecule has 1 aliphatic rings. The van der Waals surface area contributed by atoms with Crippen LogP contribution in [0.3, 0.4) is 0 Å². The number of ether oxygens (including phenoxy) is 2. The molecule has 0 N–H and O–H groups in total. The number of benzene rings is 1. The molecule has 22 heavy (non-hydrogen) atoms. The molecule has 1 aromatic heterocycles. The van der Waals surface area contributed by atoms with Gasteiger partial charge in [0.25, 0.3) is 0 Å². The van der Waals surface area contributed by atoms with Crippen LogP contribution in [0.1, 0.15) is 31.8 Å². The molecular weight excluding hydrogens is 300 g/mol. The van der Waals surface area contributed by atoms with Crippen LogP contribution in [0.25, 0.3) is 10.2 Å². The van der Waals surface area contributed by atoms with Crippen LogP contribution in [0.15, 0.2) is 24.3 Å². The largest absolute Gasteiger partial charge is 0.444 e. The summed E-state index contributed by atoms with van der Waals surface area (Å²) in [6.45, 7) is 7.13. The molecule has 2 aromatic rings. The summed E-state index contributed by atoms with van der Waals surface area (Å²) in [6.07, 6.45) is -0.306. The average Bonchev–Trinajstić information content (AvgIpc) is 2.89. The molecule has 0 saturated carbocycles. The Kier molecular flexibility index (Phi) is 4.06. The molecule has 2 heterocycles. The van der Waals surface area contributed by atoms with Crippen LogP contribution in [0.2, 0.25) is 0 Å². The van der Waals surface area contributed by atoms with Crippen molar-refractivity contribution in [1.82, 2.24) is 9.88 Å². The molecule has 0 spiro atoms. The third-order valence-corrected chi connectivity index (χ3v) is 4.49. The fraction of sp³-hybridized carbons (Fsp3) is 0.500. The van der Waals surface area contributed by atoms with Crippen LogP contribution in [0.5, 0.6) is 0 Å². The van der Waals surface area contributed by atoms with E-state index in [1.165, 1.54) is 0 Å². The fourth-order valence-corrected chi connectivity index (χ4v) is 3.45. The second kappa shape index (κ2) is 5.85. The second-order valence-electron chi connectivity index (χ2n) is 6.28. The average molecular weight is 320 g/mol. The van der Waals surface area contributed by atoms with Crippen molar-refractivity contribution in [1.29, 1.82) is 0 Å². The molecule has 1 saturated heterocycles. The smallest absolute Gasteiger partial charge is 0.411 e. The molecule has 0 bridgehead atoms. The molecule has 1 amide bonds. The van der Waals surface area contributed by atoms with E-state index < -0.39 is 5.60 Å². The standard InChI is InChI=1S/C16H20N2O3S/c1-16(2,3)21-15(19)18-8-9-20-10-12(18)14-17-11-6-4-5-7-13(11)22-14/h4-7,12H,8-10H2,1-3H3/t12-/m1/s1. The van der Waals surface area contributed by atoms with E-state index in [0.717, 1.165) is 15.2 Å². The molecule has 5 nitrogen and oxygen atoms in total. The van der Waals surface area contributed by atoms with Crippen molar-refractivity contribution < 1.29 is 14.3 Å². The van der Waals surface area contributed by atoms with Gasteiger partial charge in [0.05, 0.1) is 23.4 Å². The van der Waals surface area contributed by atoms with E-state index in [2.05, 4.69) is 4.98 Å². The number of amides is 1. The summed E-state index contributed by atoms with van der Waals surface area (Å²) in [6, 6.07) is 7.80. The maximum atomic E-state index is 12.4. The zero-order valence-electron chi connectivity index (χ0n) is 13.0. The quantitative estimate of drug-likeness (QED) is 0.805. The summed E-state index contributed by atoms with van der Waals surface area (Å²) in [4.78, 5) is 18.8. The first kappa shape index (κ1) is 15.2. The van der Waals surface area contributed by atoms with Crippen molar-refractivity contribution in [3.63, 3.8) is 0 Å². The molecule has 3 rings (SSSR count). The van der Waals surface area contributed by atoms with Crippen molar-refractivity contribution in [2.24, 2.45) is 0 Å². The van der Waals surface area contributed by atoms with Crippen LogP contribution < -0.4 is 0 Å². The third kappa shape index (κ3) is 3.23. The number of hydrogen-bond acceptors (Lipinski definition) is 5. The Labute approximate surface area is 133 Å². The van der Waals surface area contributed by atoms with Gasteiger partial charge < -0.3 is 9.47 Å². The van der Waals surface area contributed by atoms with Gasteiger partial charge in [0.15, 0.2) is 0 Å². The van der Waals surface area contributed by atoms with Gasteiger partial charge in [0.1, 0.15) is 16.7 Å². The van der Waals surface area contributed by atoms with Gasteiger partial charge >= 0.3 is 6.09 Å². The van der Waals surface area contributed by atoms with Crippen molar-refractivity contribution in [2.45, 2.75) is 32.4 Å². The minimum absolute atomic E-state index is 0.180. The lowest BCUT2D eigenvalue weighted by molar-refractivity contribution is -0.0331. The van der Waals surface area contributed by atoms with E-state index in [9.17, 15) is 4.79 Å². The zero-order valence-corrected chi connectivity index (χ0v) is 13.9. The minimum atomic E-state index is -0.506. The fourth-order valence-electron chi connectivity index (χ4n) is 2.38. The van der Waals surface area contributed by atoms with Crippen molar-refractivity contribution in [3.05, 3.63) is 29.3 Å². The van der Waals surface area contributed by atoms with Crippen LogP contribution in [0, 0.1) is 0 Å². The van der Waals surface area contributed by atoms with Gasteiger partial charge in [-0.1, -0.05) is 12.1 Å². The van der Waals surface area contributed by atoms with Crippen molar-refractivity contribution in [2.75, 3.05) is 19.8 Å². The molecule has 0 aliphatic carbocycles. The number of rotatable bonds is 1. The van der Waals surface area contributed by atoms with E-state index in [4.69, 9.17) is 9.47 Å². The number of morpholine rings is 1. The number of thiazole rings is 1. The predicted molar refractivity (Wildman–Crippen MR) is 86.1 cm³/mol. The van der Waals surface area contributed by atoms with Gasteiger partial charge in [0, 0.05) is 6.54 Å². The van der Waals surface area contributed by atoms with Crippen molar-refractivity contribution >= 4 is 27.6 Å². The Balaban J connectivity index is 1.87. The lowest BCUT2D eigenvalue weighted by Gasteiger charge is -2.35. The second-order valence-corrected chi connectivity index (χ2v) is 7.35. The van der Waals surface area contributed by atoms with Gasteiger partial charge in [0.2, 0.25) is 0 Å². The number of carbonyl (C=O) groups excluding carboxylic acids is 1. The topological polar surface area (TPSA) is 51.7 Å². The predicted octanol–water partition coefficient (Wildman–Crippen LogP) is 3.60. The number of fused-ring (bicyclic) bond motifs is 1. The highest BCUT2D eigenvalue weighted by Gasteiger charge is 2.33. The summed E-state index contributed by atoms with van der Waals surface area (Å²) >= 11 is 1.60. The van der Waals surface area contributed by atoms with E-state index in [1.54, 1.807) is 16.2 Å². The maximum absolute atomic E-state index is 12.4. The molecule has 1 atom stereocenters. The van der Waals surface area contributed by atoms with Gasteiger partial charge in [-0.2, -0.15) is 0 Å². The Morgan fingerprint density at radius 1 is 1.41 bits per heavy atom. The lowest BCUT2D eigenvalue weighted by Crippen LogP contribution is -2.45. The summed E-state index contributed by atoms with van der Waals surface area (Å²) in [5.74, 6) is 0. The molecule has 6 heteroatoms. The first-order valence-corrected chi connectivity index (χ1v) is 8.18. The Morgan fingerprint density at radius 3 is 2.91 bits per heavy atom. The number of aromatic nitrogens is 1. The highest BCUT2D eigenvalue weighted by molar-refractivity contribution is 7.18. The Hall–Kier alpha value is -1.66. The van der Waals surface area contributed by atoms with Crippen LogP contribution in [0.4, 0.5) is 4.79 Å². The summed E-state index contributed by atoms with van der Waals surface area (Å²) in [5, 5.41) is 0.895. The molecular formula is C16H20N2O3S. The number of para-hydroxylation sites is 1. The molecule has 1 fully saturated rings. The third-order valence-electron chi connectivity index (χ3n) is 3.35. The maximum Gasteiger partial charge on any atom is 0.411 e. The molecule has 118 valence electrons. The van der Waals surface area contributed by atoms with E-state index >= 15 is 0 Å². The Bertz CT molecular complexity index is 644. The first-order valence-electron chi connectivity index (χ1n) is 7.37. The highest BCUT2D eigenvalue weighted by atomic mass is 32.1. The number of hydrogen-bond donors (Lipinski definition) is 0. The van der Waals surface area contributed by atoms with E-state index in [1.807, 2.05) is 45.0 Å². The Morgan fingerprint density at radius 2 is 2.18 bits per heavy atom. The summed E-state index contributed by atoms with van der Waals surface area (Å²) < 4.78 is 12.2. The number of carbonyl (C=O) groups is 1. The van der Waals surface area contributed by atoms with Crippen molar-refractivity contribution in [3.8, 4) is 0 Å². The van der Waals surface area contributed by atoms with Crippen LogP contribution in [-0.4, -0.2) is 41.3 Å². The monoisotopic (exact) mass is 320 g/mol. The molecule has 1 aromatic carbocycles. The summed E-state index contributed by atoms with van der Waals surface area (Å²) in [7, 11) is 0. The molecule has 1 aliphatic heterocycles. The van der Waals surface area contributed by atoms with Gasteiger partial charge in [-0.25, -0.2) is 9.78 Å². The lowest BCUT2D eigenvalue weighted by atomic mass is 10.2. The van der Waals surface area contributed by atoms with E-state index in [0.29, 0.717) is 19.8 Å². The summed E-state index contributed by atoms with van der Waals surface area (Å²) in [5.41, 5.74) is 0.449. The first-order chi connectivity index (χ1) is 10.4. The SMILES string of the molecule is CC(C)(C)OC(=O)N1CCOC[C@@H]1c1nc2ccccc2s1. The molecule has 0 unspecified atom stereocenters. The van der Waals surface area contributed by atoms with Gasteiger partial charge in [-0.3, -0.25) is 4.90 Å². The highest BCUT2D eigenvalue weighted by Crippen LogP contribution is 2.32. The number of nitrogens with zero attached hydrogens (tertiary/aromatic N) is 2. The normalized spacial score (nSPS) is 19.4. The van der Waals surface area contributed by atoms with Gasteiger partial charge in [-0.15, -0.1) is 11.3 Å². The van der Waals surface area contributed by atoms with Crippen LogP contribution >= 0.6 is 11.3 Å². The minimum Gasteiger partial charge on any atom is -0.444 e. The molecule has 0 radical (unpaired) electrons. The van der Waals surface area contributed by atoms with E-state index in [-0.39, 0.29) is 12.1 Å². The van der Waals surface area contributed by atoms with Crippen LogP contribution in [-0.2, 0) is 9.47 Å². The van der Waals surface area contributed by atoms with Gasteiger partial charge in [-0.05, 0) is 32.9 Å².